The molecule has 11 nitrogen and oxygen atoms in total. The van der Waals surface area contributed by atoms with E-state index in [-0.39, 0.29) is 29.4 Å². The summed E-state index contributed by atoms with van der Waals surface area (Å²) in [5.41, 5.74) is 3.27. The molecule has 0 aliphatic carbocycles. The van der Waals surface area contributed by atoms with Crippen molar-refractivity contribution in [3.63, 3.8) is 0 Å². The zero-order valence-electron chi connectivity index (χ0n) is 22.4. The van der Waals surface area contributed by atoms with Crippen LogP contribution in [-0.2, 0) is 37.5 Å². The average molecular weight is 643 g/mol. The molecule has 222 valence electrons. The predicted molar refractivity (Wildman–Crippen MR) is 162 cm³/mol. The molecule has 0 saturated heterocycles. The Hall–Kier alpha value is -4.49. The van der Waals surface area contributed by atoms with Gasteiger partial charge in [0.25, 0.3) is 5.91 Å². The number of hydrogen-bond acceptors (Lipinski definition) is 7. The second-order valence-electron chi connectivity index (χ2n) is 8.96. The van der Waals surface area contributed by atoms with Crippen LogP contribution in [0.15, 0.2) is 105 Å². The minimum absolute atomic E-state index is 0.0205. The summed E-state index contributed by atoms with van der Waals surface area (Å²) in [6, 6.07) is 24.2. The van der Waals surface area contributed by atoms with Crippen LogP contribution >= 0.6 is 23.2 Å². The molecule has 4 aromatic rings. The maximum Gasteiger partial charge on any atom is 0.313 e. The summed E-state index contributed by atoms with van der Waals surface area (Å²) in [4.78, 5) is 37.0. The van der Waals surface area contributed by atoms with Crippen LogP contribution in [0.5, 0.6) is 0 Å². The molecule has 0 saturated carbocycles. The number of carbonyl (C=O) groups excluding carboxylic acids is 3. The van der Waals surface area contributed by atoms with Gasteiger partial charge in [-0.2, -0.15) is 9.41 Å². The largest absolute Gasteiger partial charge is 0.458 e. The minimum Gasteiger partial charge on any atom is -0.458 e. The number of halogens is 2. The SMILES string of the molecule is O=C(CN(Cc1ccccc1)S(=O)(=O)c1ccccc1)N/N=C\c1ccc(CNC(=O)C(=O)Nc2cc(Cl)cc(Cl)c2)o1. The predicted octanol–water partition coefficient (Wildman–Crippen LogP) is 4.18. The molecule has 0 aliphatic rings. The number of carbonyl (C=O) groups is 3. The molecule has 3 N–H and O–H groups in total. The highest BCUT2D eigenvalue weighted by Crippen LogP contribution is 2.22. The van der Waals surface area contributed by atoms with Gasteiger partial charge in [0.15, 0.2) is 0 Å². The van der Waals surface area contributed by atoms with Crippen molar-refractivity contribution in [2.24, 2.45) is 5.10 Å². The maximum atomic E-state index is 13.3. The summed E-state index contributed by atoms with van der Waals surface area (Å²) >= 11 is 11.8. The van der Waals surface area contributed by atoms with Crippen molar-refractivity contribution in [2.75, 3.05) is 11.9 Å². The van der Waals surface area contributed by atoms with Crippen LogP contribution in [0.1, 0.15) is 17.1 Å². The van der Waals surface area contributed by atoms with Crippen molar-refractivity contribution in [3.05, 3.63) is 118 Å². The van der Waals surface area contributed by atoms with Crippen LogP contribution < -0.4 is 16.1 Å². The number of anilines is 1. The Kier molecular flexibility index (Phi) is 10.7. The highest BCUT2D eigenvalue weighted by Gasteiger charge is 2.26. The molecule has 3 aromatic carbocycles. The van der Waals surface area contributed by atoms with Crippen LogP contribution in [0, 0.1) is 0 Å². The van der Waals surface area contributed by atoms with E-state index in [0.717, 1.165) is 4.31 Å². The third kappa shape index (κ3) is 9.25. The van der Waals surface area contributed by atoms with Crippen molar-refractivity contribution in [1.82, 2.24) is 15.0 Å². The van der Waals surface area contributed by atoms with Crippen LogP contribution in [-0.4, -0.2) is 43.2 Å². The molecule has 4 rings (SSSR count). The standard InChI is InChI=1S/C29H25Cl2N5O6S/c30-21-13-22(31)15-23(14-21)34-29(39)28(38)32-16-24-11-12-25(42-24)17-33-35-27(37)19-36(18-20-7-3-1-4-8-20)43(40,41)26-9-5-2-6-10-26/h1-15,17H,16,18-19H2,(H,32,38)(H,34,39)(H,35,37)/b33-17-. The van der Waals surface area contributed by atoms with Gasteiger partial charge in [-0.1, -0.05) is 71.7 Å². The monoisotopic (exact) mass is 641 g/mol. The lowest BCUT2D eigenvalue weighted by atomic mass is 10.2. The maximum absolute atomic E-state index is 13.3. The van der Waals surface area contributed by atoms with Crippen LogP contribution in [0.3, 0.4) is 0 Å². The highest BCUT2D eigenvalue weighted by atomic mass is 35.5. The number of hydrogen-bond donors (Lipinski definition) is 3. The molecule has 14 heteroatoms. The van der Waals surface area contributed by atoms with Crippen LogP contribution in [0.4, 0.5) is 5.69 Å². The molecule has 0 radical (unpaired) electrons. The summed E-state index contributed by atoms with van der Waals surface area (Å²) in [5.74, 6) is -1.97. The van der Waals surface area contributed by atoms with E-state index in [1.54, 1.807) is 48.5 Å². The number of nitrogens with one attached hydrogen (secondary N) is 3. The molecule has 0 spiro atoms. The van der Waals surface area contributed by atoms with Gasteiger partial charge >= 0.3 is 11.8 Å². The Labute approximate surface area is 257 Å². The first-order valence-corrected chi connectivity index (χ1v) is 14.8. The first-order valence-electron chi connectivity index (χ1n) is 12.6. The van der Waals surface area contributed by atoms with Crippen LogP contribution in [0.25, 0.3) is 0 Å². The molecule has 3 amide bonds. The topological polar surface area (TPSA) is 150 Å². The van der Waals surface area contributed by atoms with Crippen molar-refractivity contribution in [1.29, 1.82) is 0 Å². The van der Waals surface area contributed by atoms with Gasteiger partial charge in [0.2, 0.25) is 10.0 Å². The van der Waals surface area contributed by atoms with Gasteiger partial charge in [0, 0.05) is 22.3 Å². The van der Waals surface area contributed by atoms with E-state index in [2.05, 4.69) is 21.2 Å². The fourth-order valence-electron chi connectivity index (χ4n) is 3.74. The summed E-state index contributed by atoms with van der Waals surface area (Å²) in [7, 11) is -3.98. The highest BCUT2D eigenvalue weighted by molar-refractivity contribution is 7.89. The number of sulfonamides is 1. The molecule has 0 aliphatic heterocycles. The molecule has 0 bridgehead atoms. The number of nitrogens with zero attached hydrogens (tertiary/aromatic N) is 2. The third-order valence-electron chi connectivity index (χ3n) is 5.72. The first kappa shape index (κ1) is 31.4. The molecular weight excluding hydrogens is 617 g/mol. The molecule has 1 heterocycles. The Morgan fingerprint density at radius 1 is 0.860 bits per heavy atom. The van der Waals surface area contributed by atoms with E-state index >= 15 is 0 Å². The fraction of sp³-hybridized carbons (Fsp3) is 0.103. The lowest BCUT2D eigenvalue weighted by Gasteiger charge is -2.21. The summed E-state index contributed by atoms with van der Waals surface area (Å²) in [5, 5.41) is 9.25. The summed E-state index contributed by atoms with van der Waals surface area (Å²) < 4.78 is 33.1. The molecule has 1 aromatic heterocycles. The number of hydrazone groups is 1. The van der Waals surface area contributed by atoms with E-state index in [1.165, 1.54) is 42.6 Å². The van der Waals surface area contributed by atoms with E-state index in [4.69, 9.17) is 27.6 Å². The van der Waals surface area contributed by atoms with E-state index in [9.17, 15) is 22.8 Å². The zero-order valence-corrected chi connectivity index (χ0v) is 24.7. The molecular formula is C29H25Cl2N5O6S. The third-order valence-corrected chi connectivity index (χ3v) is 7.96. The minimum atomic E-state index is -3.98. The molecule has 43 heavy (non-hydrogen) atoms. The average Bonchev–Trinajstić information content (AvgIpc) is 3.43. The summed E-state index contributed by atoms with van der Waals surface area (Å²) in [6.45, 7) is -0.607. The van der Waals surface area contributed by atoms with Crippen molar-refractivity contribution in [2.45, 2.75) is 18.0 Å². The van der Waals surface area contributed by atoms with Crippen LogP contribution in [0.2, 0.25) is 10.0 Å². The fourth-order valence-corrected chi connectivity index (χ4v) is 5.67. The van der Waals surface area contributed by atoms with E-state index < -0.39 is 34.3 Å². The van der Waals surface area contributed by atoms with Crippen molar-refractivity contribution >= 4 is 62.8 Å². The number of rotatable bonds is 11. The number of amides is 3. The van der Waals surface area contributed by atoms with Gasteiger partial charge in [-0.15, -0.1) is 0 Å². The van der Waals surface area contributed by atoms with Crippen molar-refractivity contribution < 1.29 is 27.2 Å². The van der Waals surface area contributed by atoms with Gasteiger partial charge in [-0.05, 0) is 48.0 Å². The lowest BCUT2D eigenvalue weighted by molar-refractivity contribution is -0.136. The second-order valence-corrected chi connectivity index (χ2v) is 11.8. The van der Waals surface area contributed by atoms with Gasteiger partial charge in [0.05, 0.1) is 24.2 Å². The molecule has 0 fully saturated rings. The van der Waals surface area contributed by atoms with Crippen molar-refractivity contribution in [3.8, 4) is 0 Å². The second kappa shape index (κ2) is 14.6. The van der Waals surface area contributed by atoms with E-state index in [0.29, 0.717) is 21.4 Å². The smallest absolute Gasteiger partial charge is 0.313 e. The van der Waals surface area contributed by atoms with E-state index in [1.807, 2.05) is 6.07 Å². The quantitative estimate of drug-likeness (QED) is 0.127. The van der Waals surface area contributed by atoms with Gasteiger partial charge in [-0.3, -0.25) is 14.4 Å². The number of benzene rings is 3. The Bertz CT molecular complexity index is 1710. The zero-order chi connectivity index (χ0) is 30.8. The van der Waals surface area contributed by atoms with Gasteiger partial charge < -0.3 is 15.1 Å². The first-order chi connectivity index (χ1) is 20.6. The Balaban J connectivity index is 1.31. The number of furan rings is 1. The van der Waals surface area contributed by atoms with Gasteiger partial charge in [-0.25, -0.2) is 13.8 Å². The Morgan fingerprint density at radius 3 is 2.19 bits per heavy atom. The summed E-state index contributed by atoms with van der Waals surface area (Å²) in [6.07, 6.45) is 1.21. The molecule has 0 unspecified atom stereocenters. The lowest BCUT2D eigenvalue weighted by Crippen LogP contribution is -2.39. The molecule has 0 atom stereocenters. The van der Waals surface area contributed by atoms with Gasteiger partial charge in [0.1, 0.15) is 11.5 Å². The Morgan fingerprint density at radius 2 is 1.51 bits per heavy atom. The normalized spacial score (nSPS) is 11.4.